The van der Waals surface area contributed by atoms with Gasteiger partial charge in [-0.15, -0.1) is 0 Å². The molecule has 0 aromatic heterocycles. The minimum atomic E-state index is -0.0786. The molecule has 0 bridgehead atoms. The maximum absolute atomic E-state index is 3.46. The lowest BCUT2D eigenvalue weighted by Gasteiger charge is -2.22. The maximum Gasteiger partial charge on any atom is 0.166 e. The average molecular weight is 1840 g/mol. The Morgan fingerprint density at radius 1 is 0.200 bits per heavy atom. The van der Waals surface area contributed by atoms with Gasteiger partial charge in [0.05, 0.1) is 54.5 Å². The standard InChI is InChI=1S/C24H19S2.C24H25S.C20H19S.C19H17S.C18H15S.C10H14S.C7H8S/c1-4-10-20(11-5-1)25-21-16-18-24(19-17-21)26(22-12-6-2-7-13-22)23-14-8-3-9-15-23;1-4-10-20(11-5-1)21-16-18-24(19-17-21)25(22-12-6-2-7-13-22)23-14-8-3-9-15-23;1-16-8-12-19(13-9-16)21(18-6-4-3-5-7-18)20-14-10-17(2)11-15-20;1-16-12-14-19(15-13-16)20(17-8-4-2-5-9-17)18-10-6-3-7-11-18;1-4-10-16(11-5-1)19(17-12-6-2-7-13-17)18-14-8-3-9-15-18;1-10(2,3)8-4-6-9(11)7-5-8;1-6-2-4-7(8)5-3-6/h1-19H;2-3,6-9,12-20H,1,4-5,10-11H2;3-15H,1-2H3;2-15H,1H3;1-15H;4-7,11H,1-3H3;2-5,8H,1H3/q5*+1;;/p+2. The molecule has 0 radical (unpaired) electrons. The molecule has 1 fully saturated rings. The van der Waals surface area contributed by atoms with Crippen LogP contribution in [-0.2, 0) is 85.1 Å². The van der Waals surface area contributed by atoms with Gasteiger partial charge in [0.1, 0.15) is 9.79 Å². The third-order valence-corrected chi connectivity index (χ3v) is 34.4. The number of hydrogen-bond acceptors (Lipinski definition) is 1. The van der Waals surface area contributed by atoms with Crippen LogP contribution in [0.5, 0.6) is 0 Å². The van der Waals surface area contributed by atoms with E-state index in [1.165, 1.54) is 149 Å². The van der Waals surface area contributed by atoms with E-state index in [9.17, 15) is 0 Å². The summed E-state index contributed by atoms with van der Waals surface area (Å²) in [5.74, 6) is 0.776. The molecule has 130 heavy (non-hydrogen) atoms. The van der Waals surface area contributed by atoms with Crippen LogP contribution in [0.2, 0.25) is 0 Å². The van der Waals surface area contributed by atoms with Crippen LogP contribution in [0.15, 0.2) is 597 Å². The van der Waals surface area contributed by atoms with Gasteiger partial charge in [-0.3, -0.25) is 0 Å². The molecule has 0 unspecified atom stereocenters. The third-order valence-electron chi connectivity index (χ3n) is 21.6. The van der Waals surface area contributed by atoms with Gasteiger partial charge in [0.15, 0.2) is 73.4 Å². The van der Waals surface area contributed by atoms with Crippen LogP contribution in [-0.4, -0.2) is 0 Å². The topological polar surface area (TPSA) is 0 Å². The van der Waals surface area contributed by atoms with Crippen molar-refractivity contribution in [2.75, 3.05) is 0 Å². The van der Waals surface area contributed by atoms with Gasteiger partial charge in [-0.25, -0.2) is 0 Å². The minimum Gasteiger partial charge on any atom is -0.0901 e. The van der Waals surface area contributed by atoms with Crippen LogP contribution in [0.4, 0.5) is 0 Å². The van der Waals surface area contributed by atoms with E-state index in [-0.39, 0.29) is 59.9 Å². The second kappa shape index (κ2) is 51.4. The van der Waals surface area contributed by atoms with E-state index in [4.69, 9.17) is 0 Å². The van der Waals surface area contributed by atoms with Gasteiger partial charge in [0.2, 0.25) is 0 Å². The van der Waals surface area contributed by atoms with Crippen molar-refractivity contribution in [3.8, 4) is 0 Å². The molecular weight excluding hydrogens is 1720 g/mol. The van der Waals surface area contributed by atoms with Gasteiger partial charge < -0.3 is 0 Å². The summed E-state index contributed by atoms with van der Waals surface area (Å²) in [5.41, 5.74) is 8.39. The molecule has 19 rings (SSSR count). The molecule has 1 saturated carbocycles. The predicted molar refractivity (Wildman–Crippen MR) is 571 cm³/mol. The summed E-state index contributed by atoms with van der Waals surface area (Å²) < 4.78 is 0. The second-order valence-corrected chi connectivity index (χ2v) is 45.0. The molecule has 0 N–H and O–H groups in total. The van der Waals surface area contributed by atoms with Gasteiger partial charge in [-0.2, -0.15) is 0 Å². The van der Waals surface area contributed by atoms with Crippen molar-refractivity contribution in [2.45, 2.75) is 185 Å². The van der Waals surface area contributed by atoms with Crippen molar-refractivity contribution in [1.82, 2.24) is 0 Å². The van der Waals surface area contributed by atoms with Gasteiger partial charge in [0, 0.05) is 9.79 Å². The van der Waals surface area contributed by atoms with E-state index in [1.54, 1.807) is 11.8 Å². The van der Waals surface area contributed by atoms with Crippen molar-refractivity contribution < 1.29 is 0 Å². The van der Waals surface area contributed by atoms with Crippen LogP contribution < -0.4 is 0 Å². The fraction of sp³-hybridized carbons (Fsp3) is 0.115. The lowest BCUT2D eigenvalue weighted by molar-refractivity contribution is 0.443. The first-order valence-corrected chi connectivity index (χ1v) is 52.5. The number of rotatable bonds is 18. The van der Waals surface area contributed by atoms with Crippen LogP contribution in [0.1, 0.15) is 92.2 Å². The van der Waals surface area contributed by atoms with Gasteiger partial charge >= 0.3 is 0 Å². The highest BCUT2D eigenvalue weighted by molar-refractivity contribution is 7.99. The van der Waals surface area contributed by atoms with Crippen LogP contribution in [0.25, 0.3) is 0 Å². The molecule has 1 aliphatic rings. The summed E-state index contributed by atoms with van der Waals surface area (Å²) in [4.78, 5) is 25.3. The Balaban J connectivity index is 0.000000132. The molecule has 1 aliphatic carbocycles. The lowest BCUT2D eigenvalue weighted by atomic mass is 9.84. The summed E-state index contributed by atoms with van der Waals surface area (Å²) in [6.07, 6.45) is 6.93. The van der Waals surface area contributed by atoms with E-state index < -0.39 is 0 Å². The zero-order chi connectivity index (χ0) is 90.3. The Kier molecular flexibility index (Phi) is 38.1. The molecule has 0 saturated heterocycles. The zero-order valence-electron chi connectivity index (χ0n) is 75.5. The highest BCUT2D eigenvalue weighted by Gasteiger charge is 2.33. The number of benzene rings is 18. The first kappa shape index (κ1) is 96.3. The molecule has 0 heterocycles. The molecule has 0 amide bonds. The van der Waals surface area contributed by atoms with E-state index in [0.717, 1.165) is 15.7 Å². The largest absolute Gasteiger partial charge is 0.166 e. The summed E-state index contributed by atoms with van der Waals surface area (Å²) in [6.45, 7) is 15.1. The molecule has 18 aromatic carbocycles. The monoisotopic (exact) mass is 1840 g/mol. The Morgan fingerprint density at radius 2 is 0.377 bits per heavy atom. The number of aryl methyl sites for hydroxylation is 4. The first-order valence-electron chi connectivity index (χ1n) is 44.6. The molecule has 8 heteroatoms. The Bertz CT molecular complexity index is 5880. The molecule has 18 aromatic rings. The SMILES string of the molecule is CC(C)(C)c1ccc([SH2+])cc1.Cc1ccc([S+](c2ccccc2)c2ccc(C)cc2)cc1.Cc1ccc([S+](c2ccccc2)c2ccccc2)cc1.Cc1ccc([SH2+])cc1.c1ccc(Sc2ccc([S+](c3ccccc3)c3ccccc3)cc2)cc1.c1ccc([S+](c2ccccc2)c2ccc(C3CCCCC3)cc2)cc1.c1ccc([S+](c2ccccc2)c2ccccc2)cc1. The van der Waals surface area contributed by atoms with E-state index in [1.807, 2.05) is 12.1 Å². The lowest BCUT2D eigenvalue weighted by Crippen LogP contribution is -2.10. The van der Waals surface area contributed by atoms with Crippen LogP contribution >= 0.6 is 11.8 Å². The van der Waals surface area contributed by atoms with Crippen molar-refractivity contribution in [2.24, 2.45) is 0 Å². The summed E-state index contributed by atoms with van der Waals surface area (Å²) >= 11 is 8.65. The third kappa shape index (κ3) is 29.9. The first-order chi connectivity index (χ1) is 63.6. The summed E-state index contributed by atoms with van der Waals surface area (Å²) in [7, 11) is -0.175. The fourth-order valence-corrected chi connectivity index (χ4v) is 26.3. The quantitative estimate of drug-likeness (QED) is 0.0772. The minimum absolute atomic E-state index is 0.0146. The van der Waals surface area contributed by atoms with Gasteiger partial charge in [-0.1, -0.05) is 347 Å². The number of hydrogen-bond donors (Lipinski definition) is 0. The van der Waals surface area contributed by atoms with Gasteiger partial charge in [-0.05, 0) is 319 Å². The molecule has 0 spiro atoms. The normalized spacial score (nSPS) is 11.6. The summed E-state index contributed by atoms with van der Waals surface area (Å²) in [5, 5.41) is 0. The average Bonchev–Trinajstić information content (AvgIpc) is 0.913. The highest BCUT2D eigenvalue weighted by Crippen LogP contribution is 2.40. The molecule has 0 atom stereocenters. The molecule has 0 aliphatic heterocycles. The second-order valence-electron chi connectivity index (χ2n) is 32.6. The fourth-order valence-electron chi connectivity index (χ4n) is 14.7. The van der Waals surface area contributed by atoms with Crippen molar-refractivity contribution in [3.05, 3.63) is 537 Å². The smallest absolute Gasteiger partial charge is 0.0901 e. The van der Waals surface area contributed by atoms with Crippen LogP contribution in [0.3, 0.4) is 0 Å². The van der Waals surface area contributed by atoms with E-state index in [0.29, 0.717) is 0 Å². The Hall–Kier alpha value is -11.2. The highest BCUT2D eigenvalue weighted by atomic mass is 32.2. The molecule has 648 valence electrons. The van der Waals surface area contributed by atoms with Crippen molar-refractivity contribution in [3.63, 3.8) is 0 Å². The van der Waals surface area contributed by atoms with Crippen molar-refractivity contribution in [1.29, 1.82) is 0 Å². The van der Waals surface area contributed by atoms with E-state index >= 15 is 0 Å². The maximum atomic E-state index is 3.46. The predicted octanol–water partition coefficient (Wildman–Crippen LogP) is 32.8. The van der Waals surface area contributed by atoms with Crippen molar-refractivity contribution >= 4 is 91.5 Å². The molecule has 0 nitrogen and oxygen atoms in total. The summed E-state index contributed by atoms with van der Waals surface area (Å²) in [6, 6.07) is 180. The van der Waals surface area contributed by atoms with Gasteiger partial charge in [0.25, 0.3) is 0 Å². The Morgan fingerprint density at radius 3 is 0.592 bits per heavy atom. The Labute approximate surface area is 805 Å². The van der Waals surface area contributed by atoms with Crippen LogP contribution in [0, 0.1) is 27.7 Å². The van der Waals surface area contributed by atoms with E-state index in [2.05, 4.69) is 565 Å². The molecular formula is C122H119S8+7. The zero-order valence-corrected chi connectivity index (χ0v) is 82.4.